The minimum atomic E-state index is -0.350. The summed E-state index contributed by atoms with van der Waals surface area (Å²) in [6, 6.07) is 16.9. The monoisotopic (exact) mass is 336 g/mol. The second kappa shape index (κ2) is 6.64. The third-order valence-corrected chi connectivity index (χ3v) is 3.77. The number of hydrogen-bond donors (Lipinski definition) is 1. The van der Waals surface area contributed by atoms with Crippen molar-refractivity contribution in [2.24, 2.45) is 0 Å². The molecule has 0 bridgehead atoms. The van der Waals surface area contributed by atoms with E-state index >= 15 is 0 Å². The lowest BCUT2D eigenvalue weighted by atomic mass is 10.2. The van der Waals surface area contributed by atoms with Crippen LogP contribution in [0.25, 0.3) is 5.69 Å². The first-order valence-corrected chi connectivity index (χ1v) is 7.93. The van der Waals surface area contributed by atoms with Crippen molar-refractivity contribution >= 4 is 5.91 Å². The zero-order valence-electron chi connectivity index (χ0n) is 13.3. The highest BCUT2D eigenvalue weighted by Gasteiger charge is 2.22. The Morgan fingerprint density at radius 3 is 2.72 bits per heavy atom. The van der Waals surface area contributed by atoms with Crippen LogP contribution in [0.1, 0.15) is 10.6 Å². The molecule has 0 saturated heterocycles. The van der Waals surface area contributed by atoms with E-state index in [-0.39, 0.29) is 17.8 Å². The molecule has 2 heterocycles. The standard InChI is InChI=1S/C18H16N4O3/c23-18(17-20-12-22(21-17)13-6-2-1-3-7-13)19-10-14-11-24-15-8-4-5-9-16(15)25-14/h1-9,12,14H,10-11H2,(H,19,23). The molecule has 1 aliphatic rings. The second-order valence-electron chi connectivity index (χ2n) is 5.56. The van der Waals surface area contributed by atoms with Crippen molar-refractivity contribution in [3.8, 4) is 17.2 Å². The van der Waals surface area contributed by atoms with Gasteiger partial charge in [-0.2, -0.15) is 0 Å². The zero-order chi connectivity index (χ0) is 17.1. The molecule has 0 aliphatic carbocycles. The zero-order valence-corrected chi connectivity index (χ0v) is 13.3. The predicted molar refractivity (Wildman–Crippen MR) is 90.0 cm³/mol. The molecule has 1 aromatic heterocycles. The van der Waals surface area contributed by atoms with Crippen LogP contribution in [0.2, 0.25) is 0 Å². The van der Waals surface area contributed by atoms with Crippen LogP contribution in [0.15, 0.2) is 60.9 Å². The molecular formula is C18H16N4O3. The Morgan fingerprint density at radius 2 is 1.88 bits per heavy atom. The summed E-state index contributed by atoms with van der Waals surface area (Å²) >= 11 is 0. The van der Waals surface area contributed by atoms with Crippen LogP contribution in [0.3, 0.4) is 0 Å². The number of ether oxygens (including phenoxy) is 2. The van der Waals surface area contributed by atoms with Crippen LogP contribution in [0.4, 0.5) is 0 Å². The van der Waals surface area contributed by atoms with Crippen LogP contribution in [-0.4, -0.2) is 39.9 Å². The van der Waals surface area contributed by atoms with E-state index in [4.69, 9.17) is 9.47 Å². The van der Waals surface area contributed by atoms with Crippen LogP contribution in [0, 0.1) is 0 Å². The number of carbonyl (C=O) groups is 1. The summed E-state index contributed by atoms with van der Waals surface area (Å²) in [5.74, 6) is 1.16. The van der Waals surface area contributed by atoms with Gasteiger partial charge in [0.15, 0.2) is 11.5 Å². The number of fused-ring (bicyclic) bond motifs is 1. The van der Waals surface area contributed by atoms with Crippen molar-refractivity contribution in [2.75, 3.05) is 13.2 Å². The Morgan fingerprint density at radius 1 is 1.12 bits per heavy atom. The van der Waals surface area contributed by atoms with E-state index in [1.807, 2.05) is 54.6 Å². The van der Waals surface area contributed by atoms with Crippen molar-refractivity contribution in [1.82, 2.24) is 20.1 Å². The Kier molecular flexibility index (Phi) is 4.04. The lowest BCUT2D eigenvalue weighted by Crippen LogP contribution is -2.41. The molecule has 1 atom stereocenters. The molecule has 0 fully saturated rings. The summed E-state index contributed by atoms with van der Waals surface area (Å²) in [5.41, 5.74) is 0.842. The van der Waals surface area contributed by atoms with E-state index in [0.717, 1.165) is 5.69 Å². The predicted octanol–water partition coefficient (Wildman–Crippen LogP) is 1.84. The fraction of sp³-hybridized carbons (Fsp3) is 0.167. The summed E-state index contributed by atoms with van der Waals surface area (Å²) in [5, 5.41) is 6.98. The number of amides is 1. The minimum Gasteiger partial charge on any atom is -0.486 e. The number of para-hydroxylation sites is 3. The molecule has 3 aromatic rings. The number of nitrogens with zero attached hydrogens (tertiary/aromatic N) is 3. The van der Waals surface area contributed by atoms with Crippen LogP contribution < -0.4 is 14.8 Å². The van der Waals surface area contributed by atoms with Gasteiger partial charge in [0, 0.05) is 0 Å². The number of aromatic nitrogens is 3. The van der Waals surface area contributed by atoms with Gasteiger partial charge in [0.1, 0.15) is 19.0 Å². The molecular weight excluding hydrogens is 320 g/mol. The minimum absolute atomic E-state index is 0.112. The molecule has 7 heteroatoms. The summed E-state index contributed by atoms with van der Waals surface area (Å²) in [4.78, 5) is 16.3. The van der Waals surface area contributed by atoms with Gasteiger partial charge in [-0.1, -0.05) is 30.3 Å². The molecule has 7 nitrogen and oxygen atoms in total. The van der Waals surface area contributed by atoms with Crippen molar-refractivity contribution in [3.05, 3.63) is 66.7 Å². The fourth-order valence-electron chi connectivity index (χ4n) is 2.52. The number of benzene rings is 2. The van der Waals surface area contributed by atoms with E-state index in [0.29, 0.717) is 24.7 Å². The molecule has 126 valence electrons. The maximum Gasteiger partial charge on any atom is 0.291 e. The first-order valence-electron chi connectivity index (χ1n) is 7.93. The first-order chi connectivity index (χ1) is 12.3. The second-order valence-corrected chi connectivity index (χ2v) is 5.56. The van der Waals surface area contributed by atoms with Gasteiger partial charge in [-0.05, 0) is 24.3 Å². The summed E-state index contributed by atoms with van der Waals surface area (Å²) in [6.07, 6.45) is 1.26. The van der Waals surface area contributed by atoms with Crippen molar-refractivity contribution in [1.29, 1.82) is 0 Å². The van der Waals surface area contributed by atoms with Crippen LogP contribution in [-0.2, 0) is 0 Å². The van der Waals surface area contributed by atoms with Gasteiger partial charge >= 0.3 is 0 Å². The third-order valence-electron chi connectivity index (χ3n) is 3.77. The van der Waals surface area contributed by atoms with Gasteiger partial charge in [0.05, 0.1) is 12.2 Å². The Balaban J connectivity index is 1.36. The van der Waals surface area contributed by atoms with E-state index in [2.05, 4.69) is 15.4 Å². The Hall–Kier alpha value is -3.35. The van der Waals surface area contributed by atoms with Crippen molar-refractivity contribution < 1.29 is 14.3 Å². The molecule has 25 heavy (non-hydrogen) atoms. The third kappa shape index (κ3) is 3.30. The van der Waals surface area contributed by atoms with Gasteiger partial charge in [-0.3, -0.25) is 4.79 Å². The van der Waals surface area contributed by atoms with Crippen LogP contribution >= 0.6 is 0 Å². The number of carbonyl (C=O) groups excluding carboxylic acids is 1. The normalized spacial score (nSPS) is 15.6. The van der Waals surface area contributed by atoms with Crippen LogP contribution in [0.5, 0.6) is 11.5 Å². The smallest absolute Gasteiger partial charge is 0.291 e. The van der Waals surface area contributed by atoms with E-state index in [1.165, 1.54) is 6.33 Å². The van der Waals surface area contributed by atoms with Gasteiger partial charge in [0.25, 0.3) is 5.91 Å². The van der Waals surface area contributed by atoms with Gasteiger partial charge in [0.2, 0.25) is 5.82 Å². The quantitative estimate of drug-likeness (QED) is 0.786. The maximum absolute atomic E-state index is 12.2. The number of hydrogen-bond acceptors (Lipinski definition) is 5. The Bertz CT molecular complexity index is 879. The largest absolute Gasteiger partial charge is 0.486 e. The number of rotatable bonds is 4. The fourth-order valence-corrected chi connectivity index (χ4v) is 2.52. The average molecular weight is 336 g/mol. The summed E-state index contributed by atoms with van der Waals surface area (Å²) in [6.45, 7) is 0.691. The topological polar surface area (TPSA) is 78.3 Å². The molecule has 2 aromatic carbocycles. The van der Waals surface area contributed by atoms with Gasteiger partial charge < -0.3 is 14.8 Å². The highest BCUT2D eigenvalue weighted by Crippen LogP contribution is 2.30. The highest BCUT2D eigenvalue weighted by molar-refractivity contribution is 5.90. The number of nitrogens with one attached hydrogen (secondary N) is 1. The van der Waals surface area contributed by atoms with Gasteiger partial charge in [-0.25, -0.2) is 9.67 Å². The van der Waals surface area contributed by atoms with Crippen molar-refractivity contribution in [2.45, 2.75) is 6.10 Å². The molecule has 0 spiro atoms. The van der Waals surface area contributed by atoms with E-state index in [9.17, 15) is 4.79 Å². The molecule has 0 saturated carbocycles. The summed E-state index contributed by atoms with van der Waals surface area (Å²) in [7, 11) is 0. The molecule has 1 unspecified atom stereocenters. The average Bonchev–Trinajstić information content (AvgIpc) is 3.17. The van der Waals surface area contributed by atoms with Crippen molar-refractivity contribution in [3.63, 3.8) is 0 Å². The SMILES string of the molecule is O=C(NCC1COc2ccccc2O1)c1ncn(-c2ccccc2)n1. The lowest BCUT2D eigenvalue weighted by Gasteiger charge is -2.26. The molecule has 1 amide bonds. The lowest BCUT2D eigenvalue weighted by molar-refractivity contribution is 0.0783. The maximum atomic E-state index is 12.2. The first kappa shape index (κ1) is 15.2. The van der Waals surface area contributed by atoms with E-state index < -0.39 is 0 Å². The van der Waals surface area contributed by atoms with E-state index in [1.54, 1.807) is 4.68 Å². The molecule has 1 aliphatic heterocycles. The molecule has 1 N–H and O–H groups in total. The Labute approximate surface area is 144 Å². The molecule has 0 radical (unpaired) electrons. The highest BCUT2D eigenvalue weighted by atomic mass is 16.6. The summed E-state index contributed by atoms with van der Waals surface area (Å²) < 4.78 is 13.0. The molecule has 4 rings (SSSR count). The van der Waals surface area contributed by atoms with Gasteiger partial charge in [-0.15, -0.1) is 5.10 Å².